The number of carbonyl (C=O) groups is 3. The van der Waals surface area contributed by atoms with Crippen molar-refractivity contribution in [3.63, 3.8) is 0 Å². The number of nitro groups is 1. The van der Waals surface area contributed by atoms with E-state index in [2.05, 4.69) is 25.9 Å². The standard InChI is InChI=1S/C32H37N7O11.Na/c1-18(40)35-27-25(41)13-32(31(45)46,50-29(27)28(43)26(42)15-34-30(44)19-6-3-2-4-7-19)49-17-21-16-38(37-36-21)11-5-8-20-14-33-24-10-9-22(39(47)48)12-23(20)24;/h2-4,6-7,9-10,12,14,16,25-29,33,41-43H,5,8,11,13,15,17H2,1H3,(H,34,44)(H,35,40)(H,45,46);/q;+1/p-1/t25-,26?,27+,28+,29?,32+;/m0./s1. The third-order valence-electron chi connectivity index (χ3n) is 8.33. The molecule has 2 aromatic heterocycles. The molecule has 18 nitrogen and oxygen atoms in total. The number of nitrogens with one attached hydrogen (secondary N) is 3. The number of nitrogens with zero attached hydrogens (tertiary/aromatic N) is 4. The number of hydrogen-bond acceptors (Lipinski definition) is 13. The van der Waals surface area contributed by atoms with Gasteiger partial charge in [0.2, 0.25) is 11.7 Å². The summed E-state index contributed by atoms with van der Waals surface area (Å²) in [6.45, 7) is 0.566. The summed E-state index contributed by atoms with van der Waals surface area (Å²) >= 11 is 0. The van der Waals surface area contributed by atoms with E-state index >= 15 is 0 Å². The number of rotatable bonds is 15. The maximum atomic E-state index is 12.5. The molecule has 0 bridgehead atoms. The Labute approximate surface area is 312 Å². The molecule has 0 spiro atoms. The van der Waals surface area contributed by atoms with Crippen LogP contribution < -0.4 is 45.3 Å². The van der Waals surface area contributed by atoms with E-state index in [4.69, 9.17) is 9.47 Å². The zero-order chi connectivity index (χ0) is 36.0. The largest absolute Gasteiger partial charge is 1.00 e. The molecule has 2 amide bonds. The minimum absolute atomic E-state index is 0. The van der Waals surface area contributed by atoms with Crippen LogP contribution in [0.1, 0.15) is 41.4 Å². The van der Waals surface area contributed by atoms with Gasteiger partial charge in [0.25, 0.3) is 11.6 Å². The molecule has 51 heavy (non-hydrogen) atoms. The molecule has 266 valence electrons. The van der Waals surface area contributed by atoms with E-state index in [0.717, 1.165) is 23.4 Å². The van der Waals surface area contributed by atoms with Crippen LogP contribution >= 0.6 is 0 Å². The van der Waals surface area contributed by atoms with E-state index in [1.807, 2.05) is 0 Å². The molecule has 6 N–H and O–H groups in total. The third kappa shape index (κ3) is 9.54. The Bertz CT molecular complexity index is 1840. The van der Waals surface area contributed by atoms with Crippen LogP contribution in [-0.2, 0) is 38.6 Å². The Morgan fingerprint density at radius 1 is 1.22 bits per heavy atom. The van der Waals surface area contributed by atoms with Gasteiger partial charge in [-0.25, -0.2) is 0 Å². The van der Waals surface area contributed by atoms with Gasteiger partial charge in [0.15, 0.2) is 0 Å². The predicted octanol–water partition coefficient (Wildman–Crippen LogP) is -3.93. The molecule has 1 aliphatic heterocycles. The number of carboxylic acids is 1. The van der Waals surface area contributed by atoms with Gasteiger partial charge in [-0.2, -0.15) is 0 Å². The first-order chi connectivity index (χ1) is 23.9. The van der Waals surface area contributed by atoms with Crippen molar-refractivity contribution in [2.45, 2.75) is 75.6 Å². The molecular formula is C32H36N7NaO11. The molecule has 0 aliphatic carbocycles. The Morgan fingerprint density at radius 2 is 1.96 bits per heavy atom. The van der Waals surface area contributed by atoms with E-state index in [1.165, 1.54) is 35.1 Å². The van der Waals surface area contributed by atoms with Gasteiger partial charge in [0, 0.05) is 61.2 Å². The van der Waals surface area contributed by atoms with E-state index in [9.17, 15) is 44.9 Å². The fourth-order valence-electron chi connectivity index (χ4n) is 5.79. The van der Waals surface area contributed by atoms with Crippen molar-refractivity contribution in [1.29, 1.82) is 0 Å². The molecule has 1 aliphatic rings. The molecule has 1 fully saturated rings. The number of non-ortho nitro benzene ring substituents is 1. The van der Waals surface area contributed by atoms with Gasteiger partial charge in [-0.15, -0.1) is 5.10 Å². The van der Waals surface area contributed by atoms with Crippen LogP contribution in [0.2, 0.25) is 0 Å². The molecule has 6 atom stereocenters. The SMILES string of the molecule is CC(=O)N[C@H]1C([C@H](O)C(O)CNC(=O)c2ccccc2)O[C@@](OCc2cn(CCCc3c[nH]c4ccc([N+](=O)[O-])cc34)nn2)(C(=O)[O-])C[C@@H]1O.[Na+]. The zero-order valence-electron chi connectivity index (χ0n) is 27.8. The molecule has 4 aromatic rings. The second-order valence-electron chi connectivity index (χ2n) is 11.9. The van der Waals surface area contributed by atoms with Crippen molar-refractivity contribution in [1.82, 2.24) is 30.6 Å². The fraction of sp³-hybridized carbons (Fsp3) is 0.406. The number of fused-ring (bicyclic) bond motifs is 1. The number of benzene rings is 2. The van der Waals surface area contributed by atoms with Crippen LogP contribution in [0.4, 0.5) is 5.69 Å². The molecule has 2 unspecified atom stereocenters. The Hall–Kier alpha value is -4.27. The number of aromatic nitrogens is 4. The number of hydrogen-bond donors (Lipinski definition) is 6. The summed E-state index contributed by atoms with van der Waals surface area (Å²) < 4.78 is 12.8. The summed E-state index contributed by atoms with van der Waals surface area (Å²) in [6, 6.07) is 11.3. The number of ether oxygens (including phenoxy) is 2. The number of aliphatic hydroxyl groups is 3. The number of aromatic amines is 1. The normalized spacial score (nSPS) is 21.3. The number of nitro benzene ring substituents is 1. The Kier molecular flexibility index (Phi) is 13.4. The molecule has 5 rings (SSSR count). The van der Waals surface area contributed by atoms with Crippen LogP contribution in [0, 0.1) is 10.1 Å². The van der Waals surface area contributed by atoms with Crippen molar-refractivity contribution >= 4 is 34.4 Å². The second-order valence-corrected chi connectivity index (χ2v) is 11.9. The zero-order valence-corrected chi connectivity index (χ0v) is 29.8. The number of aliphatic hydroxyl groups excluding tert-OH is 3. The van der Waals surface area contributed by atoms with Crippen LogP contribution in [0.15, 0.2) is 60.9 Å². The second kappa shape index (κ2) is 17.3. The minimum Gasteiger partial charge on any atom is -0.544 e. The Balaban J connectivity index is 0.00000583. The Morgan fingerprint density at radius 3 is 2.65 bits per heavy atom. The summed E-state index contributed by atoms with van der Waals surface area (Å²) in [5.74, 6) is -5.72. The fourth-order valence-corrected chi connectivity index (χ4v) is 5.79. The predicted molar refractivity (Wildman–Crippen MR) is 170 cm³/mol. The van der Waals surface area contributed by atoms with Crippen molar-refractivity contribution in [3.8, 4) is 0 Å². The van der Waals surface area contributed by atoms with E-state index < -0.39 is 78.5 Å². The summed E-state index contributed by atoms with van der Waals surface area (Å²) in [5, 5.41) is 70.0. The molecule has 2 aromatic carbocycles. The van der Waals surface area contributed by atoms with Crippen LogP contribution in [0.5, 0.6) is 0 Å². The maximum Gasteiger partial charge on any atom is 1.00 e. The van der Waals surface area contributed by atoms with Gasteiger partial charge in [-0.05, 0) is 36.6 Å². The number of carboxylic acid groups (broad SMARTS) is 1. The molecule has 1 saturated heterocycles. The van der Waals surface area contributed by atoms with Crippen molar-refractivity contribution in [2.75, 3.05) is 6.54 Å². The number of carbonyl (C=O) groups excluding carboxylic acids is 3. The summed E-state index contributed by atoms with van der Waals surface area (Å²) in [6.07, 6.45) is -3.31. The summed E-state index contributed by atoms with van der Waals surface area (Å²) in [7, 11) is 0. The molecular weight excluding hydrogens is 681 g/mol. The van der Waals surface area contributed by atoms with E-state index in [-0.39, 0.29) is 40.9 Å². The first-order valence-electron chi connectivity index (χ1n) is 15.7. The van der Waals surface area contributed by atoms with Crippen LogP contribution in [-0.4, -0.2) is 101 Å². The van der Waals surface area contributed by atoms with Gasteiger partial charge in [-0.1, -0.05) is 23.4 Å². The van der Waals surface area contributed by atoms with Gasteiger partial charge in [-0.3, -0.25) is 24.4 Å². The molecule has 0 radical (unpaired) electrons. The van der Waals surface area contributed by atoms with Gasteiger partial charge in [0.1, 0.15) is 23.9 Å². The smallest absolute Gasteiger partial charge is 0.544 e. The average Bonchev–Trinajstić information content (AvgIpc) is 3.73. The number of H-pyrrole nitrogens is 1. The van der Waals surface area contributed by atoms with E-state index in [0.29, 0.717) is 24.9 Å². The van der Waals surface area contributed by atoms with Gasteiger partial charge < -0.3 is 50.3 Å². The quantitative estimate of drug-likeness (QED) is 0.0390. The van der Waals surface area contributed by atoms with Gasteiger partial charge >= 0.3 is 29.6 Å². The number of amides is 2. The first kappa shape index (κ1) is 39.5. The summed E-state index contributed by atoms with van der Waals surface area (Å²) in [5.41, 5.74) is 2.12. The van der Waals surface area contributed by atoms with Crippen LogP contribution in [0.25, 0.3) is 10.9 Å². The monoisotopic (exact) mass is 717 g/mol. The van der Waals surface area contributed by atoms with Crippen molar-refractivity contribution in [3.05, 3.63) is 87.9 Å². The number of aliphatic carboxylic acids is 1. The average molecular weight is 718 g/mol. The first-order valence-corrected chi connectivity index (χ1v) is 15.7. The van der Waals surface area contributed by atoms with Crippen LogP contribution in [0.3, 0.4) is 0 Å². The minimum atomic E-state index is -2.64. The summed E-state index contributed by atoms with van der Waals surface area (Å²) in [4.78, 5) is 50.6. The van der Waals surface area contributed by atoms with Crippen molar-refractivity contribution in [2.24, 2.45) is 0 Å². The van der Waals surface area contributed by atoms with Gasteiger partial charge in [0.05, 0.1) is 36.0 Å². The molecule has 3 heterocycles. The maximum absolute atomic E-state index is 12.5. The third-order valence-corrected chi connectivity index (χ3v) is 8.33. The van der Waals surface area contributed by atoms with E-state index in [1.54, 1.807) is 30.5 Å². The molecule has 19 heteroatoms. The van der Waals surface area contributed by atoms with Crippen molar-refractivity contribution < 1.29 is 78.8 Å². The number of aryl methyl sites for hydroxylation is 2. The topological polar surface area (TPSA) is 267 Å². The molecule has 0 saturated carbocycles.